The van der Waals surface area contributed by atoms with Crippen molar-refractivity contribution in [2.75, 3.05) is 7.11 Å². The third kappa shape index (κ3) is 5.47. The average Bonchev–Trinajstić information content (AvgIpc) is 2.64. The number of hydrogen-bond donors (Lipinski definition) is 1. The van der Waals surface area contributed by atoms with E-state index in [0.29, 0.717) is 0 Å². The Labute approximate surface area is 148 Å². The summed E-state index contributed by atoms with van der Waals surface area (Å²) in [6.07, 6.45) is 7.22. The summed E-state index contributed by atoms with van der Waals surface area (Å²) in [5.41, 5.74) is -0.132. The van der Waals surface area contributed by atoms with E-state index in [9.17, 15) is 0 Å². The molecular formula is C15H34Cl2NO2SiZr. The average molecular weight is 451 g/mol. The van der Waals surface area contributed by atoms with E-state index in [1.807, 2.05) is 0 Å². The van der Waals surface area contributed by atoms with Gasteiger partial charge in [-0.25, -0.2) is 0 Å². The molecule has 0 atom stereocenters. The molecule has 1 rings (SSSR count). The summed E-state index contributed by atoms with van der Waals surface area (Å²) >= 11 is -4.90. The van der Waals surface area contributed by atoms with Gasteiger partial charge in [0.1, 0.15) is 0 Å². The number of hydrogen-bond acceptors (Lipinski definition) is 3. The van der Waals surface area contributed by atoms with Crippen LogP contribution in [0.5, 0.6) is 0 Å². The van der Waals surface area contributed by atoms with Crippen LogP contribution in [0.3, 0.4) is 0 Å². The number of halogens is 2. The number of rotatable bonds is 5. The Hall–Kier alpha value is 0.910. The summed E-state index contributed by atoms with van der Waals surface area (Å²) in [4.78, 5) is 0. The normalized spacial score (nSPS) is 18.6. The summed E-state index contributed by atoms with van der Waals surface area (Å²) in [5.74, 6) is 0. The molecule has 0 radical (unpaired) electrons. The van der Waals surface area contributed by atoms with Crippen LogP contribution in [0, 0.1) is 0 Å². The summed E-state index contributed by atoms with van der Waals surface area (Å²) in [6.45, 7) is 13.0. The topological polar surface area (TPSA) is 30.5 Å². The van der Waals surface area contributed by atoms with Crippen LogP contribution >= 0.6 is 24.8 Å². The van der Waals surface area contributed by atoms with Crippen molar-refractivity contribution in [3.05, 3.63) is 21.5 Å². The van der Waals surface area contributed by atoms with Crippen LogP contribution in [-0.4, -0.2) is 25.2 Å². The van der Waals surface area contributed by atoms with Gasteiger partial charge in [-0.05, 0) is 0 Å². The van der Waals surface area contributed by atoms with Crippen LogP contribution in [-0.2, 0) is 23.3 Å². The van der Waals surface area contributed by atoms with Crippen molar-refractivity contribution in [1.82, 2.24) is 3.26 Å². The molecule has 133 valence electrons. The molecule has 0 aliphatic heterocycles. The van der Waals surface area contributed by atoms with Crippen LogP contribution in [0.1, 0.15) is 27.2 Å². The van der Waals surface area contributed by atoms with E-state index in [2.05, 4.69) is 70.7 Å². The second-order valence-electron chi connectivity index (χ2n) is 8.64. The van der Waals surface area contributed by atoms with Crippen LogP contribution < -0.4 is 3.26 Å². The van der Waals surface area contributed by atoms with Crippen LogP contribution in [0.4, 0.5) is 0 Å². The fourth-order valence-corrected chi connectivity index (χ4v) is 31.8. The Bertz CT molecular complexity index is 537. The third-order valence-corrected chi connectivity index (χ3v) is 26.7. The Kier molecular flexibility index (Phi) is 7.62. The molecule has 0 amide bonds. The first kappa shape index (κ1) is 25.2. The van der Waals surface area contributed by atoms with E-state index in [1.54, 1.807) is 7.11 Å². The molecule has 0 aromatic carbocycles. The van der Waals surface area contributed by atoms with E-state index in [1.165, 1.54) is 3.28 Å². The molecule has 0 aromatic rings. The molecule has 0 saturated carbocycles. The van der Waals surface area contributed by atoms with Crippen molar-refractivity contribution in [3.63, 3.8) is 0 Å². The van der Waals surface area contributed by atoms with Gasteiger partial charge in [0.05, 0.1) is 0 Å². The predicted molar refractivity (Wildman–Crippen MR) is 104 cm³/mol. The molecule has 0 spiro atoms. The molecule has 0 bridgehead atoms. The molecule has 3 nitrogen and oxygen atoms in total. The summed E-state index contributed by atoms with van der Waals surface area (Å²) in [6, 6.07) is 0. The molecule has 1 N–H and O–H groups in total. The molecule has 0 heterocycles. The molecule has 0 aromatic heterocycles. The molecular weight excluding hydrogens is 416 g/mol. The fraction of sp³-hybridized carbons (Fsp3) is 0.667. The quantitative estimate of drug-likeness (QED) is 0.597. The molecule has 0 fully saturated rings. The van der Waals surface area contributed by atoms with E-state index >= 15 is 0 Å². The van der Waals surface area contributed by atoms with Crippen molar-refractivity contribution >= 4 is 37.3 Å². The molecule has 1 aliphatic rings. The Morgan fingerprint density at radius 1 is 1.23 bits per heavy atom. The Morgan fingerprint density at radius 2 is 1.73 bits per heavy atom. The molecule has 0 unspecified atom stereocenters. The summed E-state index contributed by atoms with van der Waals surface area (Å²) in [7, 11) is -0.102. The van der Waals surface area contributed by atoms with Crippen LogP contribution in [0.2, 0.25) is 24.3 Å². The van der Waals surface area contributed by atoms with Crippen molar-refractivity contribution in [3.8, 4) is 0 Å². The van der Waals surface area contributed by atoms with Crippen molar-refractivity contribution < 1.29 is 23.3 Å². The van der Waals surface area contributed by atoms with Gasteiger partial charge in [-0.1, -0.05) is 0 Å². The number of allylic oxidation sites excluding steroid dienone is 4. The van der Waals surface area contributed by atoms with Gasteiger partial charge in [-0.2, -0.15) is 0 Å². The van der Waals surface area contributed by atoms with Gasteiger partial charge >= 0.3 is 125 Å². The maximum absolute atomic E-state index is 6.80. The minimum absolute atomic E-state index is 0. The summed E-state index contributed by atoms with van der Waals surface area (Å²) in [5, 5.41) is 0. The Balaban J connectivity index is 0. The molecule has 1 aliphatic carbocycles. The van der Waals surface area contributed by atoms with Crippen molar-refractivity contribution in [2.24, 2.45) is 0 Å². The standard InChI is InChI=1S/C5H5.C4H10N.C3H9OSi.CH3O.CH3.CH2.2ClH.Zr/c1-2-4-5-3-1;1-4(2,3)5;1-5(2,3)4;1-2;;;;;/h1-3H,4H2;5H,1-3H3;1-3H3;1H3;1H3;1H2;2*1H;/q;3*-1;;;;;+3. The Morgan fingerprint density at radius 3 is 2.00 bits per heavy atom. The second kappa shape index (κ2) is 6.67. The monoisotopic (exact) mass is 448 g/mol. The SMILES string of the molecule is Cl.Cl.[CH2]=[Zr]([CH3])([NH]C(C)(C)C)([O]C)([O][Si](C)(C)C)[C]1=CC=CC1. The zero-order valence-corrected chi connectivity index (χ0v) is 20.4. The first-order valence-corrected chi connectivity index (χ1v) is 19.4. The maximum atomic E-state index is 6.80. The van der Waals surface area contributed by atoms with Crippen LogP contribution in [0.15, 0.2) is 21.5 Å². The second-order valence-corrected chi connectivity index (χ2v) is 30.2. The van der Waals surface area contributed by atoms with E-state index in [4.69, 9.17) is 5.32 Å². The molecule has 0 saturated heterocycles. The summed E-state index contributed by atoms with van der Waals surface area (Å²) < 4.78 is 24.8. The third-order valence-electron chi connectivity index (χ3n) is 3.76. The van der Waals surface area contributed by atoms with Gasteiger partial charge in [0.15, 0.2) is 0 Å². The minimum atomic E-state index is -4.90. The number of nitrogens with one attached hydrogen (secondary N) is 1. The van der Waals surface area contributed by atoms with Gasteiger partial charge in [0, 0.05) is 0 Å². The van der Waals surface area contributed by atoms with E-state index in [0.717, 1.165) is 6.42 Å². The first-order chi connectivity index (χ1) is 8.65. The van der Waals surface area contributed by atoms with Gasteiger partial charge < -0.3 is 0 Å². The van der Waals surface area contributed by atoms with E-state index < -0.39 is 26.3 Å². The van der Waals surface area contributed by atoms with Gasteiger partial charge in [-0.15, -0.1) is 24.8 Å². The van der Waals surface area contributed by atoms with Crippen LogP contribution in [0.25, 0.3) is 0 Å². The zero-order valence-electron chi connectivity index (χ0n) is 15.3. The zero-order chi connectivity index (χ0) is 15.9. The van der Waals surface area contributed by atoms with Crippen molar-refractivity contribution in [1.29, 1.82) is 0 Å². The molecule has 7 heteroatoms. The van der Waals surface area contributed by atoms with Crippen molar-refractivity contribution in [2.45, 2.75) is 57.0 Å². The fourth-order valence-electron chi connectivity index (χ4n) is 3.49. The van der Waals surface area contributed by atoms with E-state index in [-0.39, 0.29) is 30.4 Å². The van der Waals surface area contributed by atoms with Gasteiger partial charge in [0.2, 0.25) is 0 Å². The predicted octanol–water partition coefficient (Wildman–Crippen LogP) is 5.01. The first-order valence-electron chi connectivity index (χ1n) is 7.34. The van der Waals surface area contributed by atoms with Gasteiger partial charge in [0.25, 0.3) is 0 Å². The van der Waals surface area contributed by atoms with Gasteiger partial charge in [-0.3, -0.25) is 0 Å². The molecule has 22 heavy (non-hydrogen) atoms.